The molecule has 0 amide bonds. The number of carbonyl (C=O) groups is 1. The Kier molecular flexibility index (Phi) is 7.10. The Labute approximate surface area is 66.7 Å². The van der Waals surface area contributed by atoms with Gasteiger partial charge in [-0.3, -0.25) is 9.18 Å². The van der Waals surface area contributed by atoms with Crippen molar-refractivity contribution < 1.29 is 13.9 Å². The highest BCUT2D eigenvalue weighted by molar-refractivity contribution is 5.69. The van der Waals surface area contributed by atoms with Gasteiger partial charge in [-0.2, -0.15) is 0 Å². The van der Waals surface area contributed by atoms with Crippen molar-refractivity contribution in [2.75, 3.05) is 13.3 Å². The molecular weight excluding hydrogens is 147 g/mol. The standard InChI is InChI=1S/C8H15FO2/c1-2-3-7-11-8(10)5-4-6-9/h2-7H2,1H3. The first kappa shape index (κ1) is 10.4. The van der Waals surface area contributed by atoms with E-state index in [-0.39, 0.29) is 18.8 Å². The van der Waals surface area contributed by atoms with E-state index in [1.165, 1.54) is 0 Å². The van der Waals surface area contributed by atoms with Crippen molar-refractivity contribution in [2.45, 2.75) is 32.6 Å². The fourth-order valence-corrected chi connectivity index (χ4v) is 0.614. The van der Waals surface area contributed by atoms with E-state index in [2.05, 4.69) is 0 Å². The molecule has 0 fully saturated rings. The molecule has 0 aromatic rings. The zero-order chi connectivity index (χ0) is 8.53. The molecule has 0 aliphatic heterocycles. The van der Waals surface area contributed by atoms with Crippen LogP contribution >= 0.6 is 0 Å². The summed E-state index contributed by atoms with van der Waals surface area (Å²) < 4.78 is 16.3. The summed E-state index contributed by atoms with van der Waals surface area (Å²) in [5, 5.41) is 0. The molecule has 0 bridgehead atoms. The molecule has 0 atom stereocenters. The van der Waals surface area contributed by atoms with E-state index in [9.17, 15) is 9.18 Å². The van der Waals surface area contributed by atoms with Crippen LogP contribution in [-0.2, 0) is 9.53 Å². The minimum Gasteiger partial charge on any atom is -0.466 e. The van der Waals surface area contributed by atoms with Gasteiger partial charge in [-0.1, -0.05) is 13.3 Å². The van der Waals surface area contributed by atoms with E-state index in [0.717, 1.165) is 12.8 Å². The highest BCUT2D eigenvalue weighted by Gasteiger charge is 2.00. The number of carbonyl (C=O) groups excluding carboxylic acids is 1. The van der Waals surface area contributed by atoms with Crippen LogP contribution in [0, 0.1) is 0 Å². The van der Waals surface area contributed by atoms with E-state index in [0.29, 0.717) is 6.61 Å². The second kappa shape index (κ2) is 7.51. The summed E-state index contributed by atoms with van der Waals surface area (Å²) >= 11 is 0. The smallest absolute Gasteiger partial charge is 0.305 e. The van der Waals surface area contributed by atoms with Gasteiger partial charge >= 0.3 is 5.97 Å². The third kappa shape index (κ3) is 7.30. The van der Waals surface area contributed by atoms with Gasteiger partial charge in [0.25, 0.3) is 0 Å². The molecule has 0 N–H and O–H groups in total. The van der Waals surface area contributed by atoms with E-state index in [1.807, 2.05) is 6.92 Å². The monoisotopic (exact) mass is 162 g/mol. The molecule has 0 aliphatic rings. The number of hydrogen-bond acceptors (Lipinski definition) is 2. The molecule has 0 spiro atoms. The van der Waals surface area contributed by atoms with Crippen LogP contribution in [0.3, 0.4) is 0 Å². The average molecular weight is 162 g/mol. The van der Waals surface area contributed by atoms with Crippen molar-refractivity contribution >= 4 is 5.97 Å². The predicted molar refractivity (Wildman–Crippen MR) is 41.1 cm³/mol. The summed E-state index contributed by atoms with van der Waals surface area (Å²) in [7, 11) is 0. The normalized spacial score (nSPS) is 9.64. The van der Waals surface area contributed by atoms with Crippen LogP contribution in [-0.4, -0.2) is 19.3 Å². The third-order valence-corrected chi connectivity index (χ3v) is 1.28. The Hall–Kier alpha value is -0.600. The lowest BCUT2D eigenvalue weighted by Crippen LogP contribution is -2.05. The molecule has 0 rings (SSSR count). The van der Waals surface area contributed by atoms with Gasteiger partial charge in [0, 0.05) is 6.42 Å². The molecule has 0 saturated heterocycles. The minimum atomic E-state index is -0.442. The van der Waals surface area contributed by atoms with E-state index >= 15 is 0 Å². The first-order chi connectivity index (χ1) is 5.31. The number of unbranched alkanes of at least 4 members (excludes halogenated alkanes) is 1. The van der Waals surface area contributed by atoms with Crippen molar-refractivity contribution in [1.29, 1.82) is 0 Å². The van der Waals surface area contributed by atoms with Gasteiger partial charge < -0.3 is 4.74 Å². The van der Waals surface area contributed by atoms with Crippen LogP contribution in [0.2, 0.25) is 0 Å². The second-order valence-electron chi connectivity index (χ2n) is 2.37. The number of ether oxygens (including phenoxy) is 1. The van der Waals surface area contributed by atoms with Gasteiger partial charge in [-0.15, -0.1) is 0 Å². The van der Waals surface area contributed by atoms with Gasteiger partial charge in [0.1, 0.15) is 0 Å². The maximum Gasteiger partial charge on any atom is 0.305 e. The number of esters is 1. The fraction of sp³-hybridized carbons (Fsp3) is 0.875. The zero-order valence-electron chi connectivity index (χ0n) is 6.94. The Balaban J connectivity index is 3.09. The Morgan fingerprint density at radius 1 is 1.45 bits per heavy atom. The van der Waals surface area contributed by atoms with Gasteiger partial charge in [-0.05, 0) is 12.8 Å². The van der Waals surface area contributed by atoms with Gasteiger partial charge in [0.15, 0.2) is 0 Å². The summed E-state index contributed by atoms with van der Waals surface area (Å²) in [4.78, 5) is 10.7. The van der Waals surface area contributed by atoms with E-state index < -0.39 is 6.67 Å². The number of halogens is 1. The van der Waals surface area contributed by atoms with Crippen LogP contribution in [0.15, 0.2) is 0 Å². The molecule has 0 radical (unpaired) electrons. The molecule has 0 aliphatic carbocycles. The first-order valence-electron chi connectivity index (χ1n) is 4.02. The van der Waals surface area contributed by atoms with Crippen molar-refractivity contribution in [3.63, 3.8) is 0 Å². The lowest BCUT2D eigenvalue weighted by molar-refractivity contribution is -0.143. The maximum atomic E-state index is 11.5. The summed E-state index contributed by atoms with van der Waals surface area (Å²) in [6, 6.07) is 0. The molecule has 0 aromatic carbocycles. The predicted octanol–water partition coefficient (Wildman–Crippen LogP) is 2.08. The molecule has 3 heteroatoms. The fourth-order valence-electron chi connectivity index (χ4n) is 0.614. The lowest BCUT2D eigenvalue weighted by atomic mass is 10.3. The maximum absolute atomic E-state index is 11.5. The van der Waals surface area contributed by atoms with E-state index in [4.69, 9.17) is 4.74 Å². The van der Waals surface area contributed by atoms with Crippen LogP contribution in [0.4, 0.5) is 4.39 Å². The molecule has 2 nitrogen and oxygen atoms in total. The average Bonchev–Trinajstić information content (AvgIpc) is 2.01. The van der Waals surface area contributed by atoms with Crippen molar-refractivity contribution in [3.05, 3.63) is 0 Å². The Morgan fingerprint density at radius 2 is 2.18 bits per heavy atom. The third-order valence-electron chi connectivity index (χ3n) is 1.28. The van der Waals surface area contributed by atoms with Crippen LogP contribution in [0.1, 0.15) is 32.6 Å². The quantitative estimate of drug-likeness (QED) is 0.441. The molecular formula is C8H15FO2. The lowest BCUT2D eigenvalue weighted by Gasteiger charge is -2.01. The number of rotatable bonds is 6. The van der Waals surface area contributed by atoms with Gasteiger partial charge in [-0.25, -0.2) is 0 Å². The SMILES string of the molecule is CCCCOC(=O)CCCF. The zero-order valence-corrected chi connectivity index (χ0v) is 6.94. The highest BCUT2D eigenvalue weighted by Crippen LogP contribution is 1.95. The van der Waals surface area contributed by atoms with Gasteiger partial charge in [0.2, 0.25) is 0 Å². The first-order valence-corrected chi connectivity index (χ1v) is 4.02. The molecule has 0 saturated carbocycles. The molecule has 0 heterocycles. The second-order valence-corrected chi connectivity index (χ2v) is 2.37. The molecule has 0 aromatic heterocycles. The molecule has 11 heavy (non-hydrogen) atoms. The summed E-state index contributed by atoms with van der Waals surface area (Å²) in [6.07, 6.45) is 2.39. The minimum absolute atomic E-state index is 0.209. The van der Waals surface area contributed by atoms with Crippen molar-refractivity contribution in [3.8, 4) is 0 Å². The van der Waals surface area contributed by atoms with Crippen LogP contribution < -0.4 is 0 Å². The number of alkyl halides is 1. The van der Waals surface area contributed by atoms with Crippen molar-refractivity contribution in [1.82, 2.24) is 0 Å². The highest BCUT2D eigenvalue weighted by atomic mass is 19.1. The Morgan fingerprint density at radius 3 is 2.73 bits per heavy atom. The van der Waals surface area contributed by atoms with Crippen LogP contribution in [0.5, 0.6) is 0 Å². The van der Waals surface area contributed by atoms with E-state index in [1.54, 1.807) is 0 Å². The topological polar surface area (TPSA) is 26.3 Å². The summed E-state index contributed by atoms with van der Waals surface area (Å²) in [5.41, 5.74) is 0. The van der Waals surface area contributed by atoms with Crippen LogP contribution in [0.25, 0.3) is 0 Å². The largest absolute Gasteiger partial charge is 0.466 e. The van der Waals surface area contributed by atoms with Gasteiger partial charge in [0.05, 0.1) is 13.3 Å². The molecule has 66 valence electrons. The summed E-state index contributed by atoms with van der Waals surface area (Å²) in [6.45, 7) is 2.06. The van der Waals surface area contributed by atoms with Crippen molar-refractivity contribution in [2.24, 2.45) is 0 Å². The Bertz CT molecular complexity index is 104. The number of hydrogen-bond donors (Lipinski definition) is 0. The summed E-state index contributed by atoms with van der Waals surface area (Å²) in [5.74, 6) is -0.281. The molecule has 0 unspecified atom stereocenters.